The van der Waals surface area contributed by atoms with Gasteiger partial charge in [-0.1, -0.05) is 29.5 Å². The molecule has 492 valence electrons. The van der Waals surface area contributed by atoms with E-state index in [4.69, 9.17) is 30.9 Å². The zero-order valence-electron chi connectivity index (χ0n) is 57.6. The Bertz CT molecular complexity index is 4350. The molecule has 3 saturated carbocycles. The maximum atomic E-state index is 9.96. The molecule has 3 aliphatic rings. The quantitative estimate of drug-likeness (QED) is 0.0598. The molecule has 0 radical (unpaired) electrons. The molecule has 0 spiro atoms. The van der Waals surface area contributed by atoms with E-state index in [-0.39, 0.29) is 43.2 Å². The first-order valence-corrected chi connectivity index (χ1v) is 36.3. The summed E-state index contributed by atoms with van der Waals surface area (Å²) in [6, 6.07) is 33.0. The van der Waals surface area contributed by atoms with Crippen LogP contribution in [0.4, 0.5) is 21.8 Å². The third-order valence-corrected chi connectivity index (χ3v) is 21.8. The van der Waals surface area contributed by atoms with Crippen LogP contribution in [0.1, 0.15) is 103 Å². The van der Waals surface area contributed by atoms with Crippen LogP contribution in [0.25, 0.3) is 78.9 Å². The summed E-state index contributed by atoms with van der Waals surface area (Å²) in [6.07, 6.45) is 17.8. The number of aliphatic hydroxyl groups is 2. The second-order valence-electron chi connectivity index (χ2n) is 24.5. The van der Waals surface area contributed by atoms with E-state index in [0.717, 1.165) is 152 Å². The normalized spacial score (nSPS) is 18.8. The molecule has 0 saturated heterocycles. The predicted molar refractivity (Wildman–Crippen MR) is 392 cm³/mol. The van der Waals surface area contributed by atoms with Gasteiger partial charge in [-0.3, -0.25) is 4.39 Å². The Morgan fingerprint density at radius 3 is 1.24 bits per heavy atom. The standard InChI is InChI=1S/C24H28N4OS.C23H26N4O2S.C22H24N4O2S.CH3F.CH3I.Na.H/c1-15-5-7-18(8-6-15)27(3)24-10-9-23-25-14-19(28(23)26-24)22-12-17-11-16(2)20(29-4)13-21(17)30-22;1-14-10-15-11-21(30-20(15)12-19(14)29-3)18-13-24-22-8-9-23(25-27(18)22)26(2)16-4-6-17(28)7-5-16;1-13-9-14-10-20(29-19(14)11-18(13)28-2)17-12-23-22-8-7-21(25-26(17)22)24-15-3-5-16(27)6-4-15;2*1-2;;/h9-15,18H,5-8H2,1-4H3;8-13,16-17,28H,4-7H2,1-3H3;7-12,15-16,27H,3-6H2,1-2H3,(H,24,25);2*1H3;;/q;;;;;+1;-1/i;;;1D;;;. The van der Waals surface area contributed by atoms with Gasteiger partial charge < -0.3 is 41.0 Å². The Kier molecular flexibility index (Phi) is 23.4. The van der Waals surface area contributed by atoms with E-state index in [1.807, 2.05) is 61.3 Å². The van der Waals surface area contributed by atoms with Crippen LogP contribution in [0, 0.1) is 26.7 Å². The van der Waals surface area contributed by atoms with E-state index >= 15 is 0 Å². The van der Waals surface area contributed by atoms with Gasteiger partial charge in [0.1, 0.15) is 51.8 Å². The van der Waals surface area contributed by atoms with Crippen LogP contribution in [-0.4, -0.2) is 132 Å². The molecule has 0 aliphatic heterocycles. The fourth-order valence-electron chi connectivity index (χ4n) is 13.0. The van der Waals surface area contributed by atoms with E-state index < -0.39 is 7.15 Å². The van der Waals surface area contributed by atoms with Gasteiger partial charge in [-0.15, -0.1) is 49.3 Å². The van der Waals surface area contributed by atoms with Crippen LogP contribution in [0.3, 0.4) is 0 Å². The number of methoxy groups -OCH3 is 3. The minimum Gasteiger partial charge on any atom is -1.00 e. The van der Waals surface area contributed by atoms with Crippen molar-refractivity contribution >= 4 is 121 Å². The molecule has 94 heavy (non-hydrogen) atoms. The zero-order valence-corrected chi connectivity index (χ0v) is 62.2. The van der Waals surface area contributed by atoms with Crippen molar-refractivity contribution in [2.24, 2.45) is 5.92 Å². The van der Waals surface area contributed by atoms with Gasteiger partial charge >= 0.3 is 29.6 Å². The first kappa shape index (κ1) is 69.1. The van der Waals surface area contributed by atoms with Crippen LogP contribution in [0.5, 0.6) is 17.2 Å². The van der Waals surface area contributed by atoms with Gasteiger partial charge in [-0.05, 0) is 233 Å². The van der Waals surface area contributed by atoms with Crippen LogP contribution >= 0.6 is 56.6 Å². The molecule has 0 bridgehead atoms. The van der Waals surface area contributed by atoms with Crippen molar-refractivity contribution in [1.29, 1.82) is 0 Å². The molecule has 0 unspecified atom stereocenters. The van der Waals surface area contributed by atoms with Crippen LogP contribution in [0.2, 0.25) is 0 Å². The molecule has 3 N–H and O–H groups in total. The third-order valence-electron chi connectivity index (χ3n) is 18.4. The molecule has 17 nitrogen and oxygen atoms in total. The number of hydrogen-bond acceptors (Lipinski definition) is 17. The molecule has 12 aromatic rings. The van der Waals surface area contributed by atoms with Crippen molar-refractivity contribution in [3.05, 3.63) is 126 Å². The van der Waals surface area contributed by atoms with E-state index in [0.29, 0.717) is 18.1 Å². The minimum absolute atomic E-state index is 0. The van der Waals surface area contributed by atoms with E-state index in [2.05, 4.69) is 161 Å². The number of nitrogens with one attached hydrogen (secondary N) is 1. The van der Waals surface area contributed by atoms with Crippen molar-refractivity contribution < 1.29 is 61.2 Å². The summed E-state index contributed by atoms with van der Waals surface area (Å²) in [7, 11) is 8.42. The van der Waals surface area contributed by atoms with E-state index in [1.54, 1.807) is 55.3 Å². The number of aryl methyl sites for hydroxylation is 3. The maximum Gasteiger partial charge on any atom is 1.00 e. The monoisotopic (exact) mass is 1450 g/mol. The first-order chi connectivity index (χ1) is 45.6. The van der Waals surface area contributed by atoms with Crippen molar-refractivity contribution in [2.75, 3.05) is 62.6 Å². The largest absolute Gasteiger partial charge is 1.00 e. The van der Waals surface area contributed by atoms with Crippen molar-refractivity contribution in [1.82, 2.24) is 43.8 Å². The van der Waals surface area contributed by atoms with Crippen molar-refractivity contribution in [2.45, 2.75) is 135 Å². The number of rotatable bonds is 12. The average molecular weight is 1450 g/mol. The number of halogens is 2. The Hall–Kier alpha value is -6.22. The molecule has 3 fully saturated rings. The molecule has 15 rings (SSSR count). The summed E-state index contributed by atoms with van der Waals surface area (Å²) in [6.45, 7) is 8.57. The van der Waals surface area contributed by atoms with Gasteiger partial charge in [0.05, 0.1) is 75.3 Å². The van der Waals surface area contributed by atoms with Crippen LogP contribution in [-0.2, 0) is 0 Å². The Morgan fingerprint density at radius 2 is 0.872 bits per heavy atom. The summed E-state index contributed by atoms with van der Waals surface area (Å²) in [5, 5.41) is 41.4. The van der Waals surface area contributed by atoms with Crippen LogP contribution in [0.15, 0.2) is 110 Å². The number of benzene rings is 3. The third kappa shape index (κ3) is 15.4. The minimum atomic E-state index is -1.00. The molecule has 3 aliphatic carbocycles. The molecule has 9 heterocycles. The fraction of sp³-hybridized carbons (Fsp3) is 0.408. The topological polar surface area (TPSA) is 177 Å². The predicted octanol–water partition coefficient (Wildman–Crippen LogP) is 14.0. The van der Waals surface area contributed by atoms with Crippen LogP contribution < -0.4 is 58.9 Å². The molecule has 0 amide bonds. The van der Waals surface area contributed by atoms with Gasteiger partial charge in [0, 0.05) is 46.3 Å². The molecule has 9 aromatic heterocycles. The number of thiophene rings is 3. The molecule has 3 aromatic carbocycles. The van der Waals surface area contributed by atoms with Gasteiger partial charge in [0.2, 0.25) is 0 Å². The SMILES string of the molecule is CI.COc1cc2sc(-c3cnc4ccc(N(C)C5CCC(C)CC5)nn34)cc2cc1C.COc1cc2sc(-c3cnc4ccc(N(C)C5CCC(O)CC5)nn34)cc2cc1C.COc1cc2sc(-c3cnc4ccc(NC5CCC(O)CC5)nn34)cc2cc1C.[2H]CF.[H-].[Na+]. The Balaban J connectivity index is 0.000000162. The van der Waals surface area contributed by atoms with Crippen molar-refractivity contribution in [3.8, 4) is 49.0 Å². The van der Waals surface area contributed by atoms with Gasteiger partial charge in [0.15, 0.2) is 16.9 Å². The number of hydrogen-bond donors (Lipinski definition) is 3. The van der Waals surface area contributed by atoms with Crippen molar-refractivity contribution in [3.63, 3.8) is 0 Å². The fourth-order valence-corrected chi connectivity index (χ4v) is 16.2. The Morgan fingerprint density at radius 1 is 0.532 bits per heavy atom. The number of anilines is 3. The summed E-state index contributed by atoms with van der Waals surface area (Å²) < 4.78 is 41.4. The summed E-state index contributed by atoms with van der Waals surface area (Å²) in [5.41, 5.74) is 8.98. The van der Waals surface area contributed by atoms with E-state index in [1.165, 1.54) is 60.8 Å². The molecular weight excluding hydrogens is 1370 g/mol. The number of aromatic nitrogens is 9. The molecule has 23 heteroatoms. The second kappa shape index (κ2) is 31.8. The second-order valence-corrected chi connectivity index (χ2v) is 27.8. The molecular formula is C71H85FIN12NaO5S3. The first-order valence-electron chi connectivity index (χ1n) is 32.4. The average Bonchev–Trinajstić information content (AvgIpc) is 1.63. The molecule has 0 atom stereocenters. The smallest absolute Gasteiger partial charge is 1.00 e. The number of nitrogens with zero attached hydrogens (tertiary/aromatic N) is 11. The maximum absolute atomic E-state index is 9.96. The number of imidazole rings is 3. The number of fused-ring (bicyclic) bond motifs is 6. The summed E-state index contributed by atoms with van der Waals surface area (Å²) in [5.74, 6) is 6.39. The van der Waals surface area contributed by atoms with Gasteiger partial charge in [-0.25, -0.2) is 28.5 Å². The summed E-state index contributed by atoms with van der Waals surface area (Å²) >= 11 is 7.36. The number of alkyl halides is 2. The Labute approximate surface area is 600 Å². The van der Waals surface area contributed by atoms with Gasteiger partial charge in [0.25, 0.3) is 0 Å². The zero-order chi connectivity index (χ0) is 66.3. The number of aliphatic hydroxyl groups excluding tert-OH is 2. The summed E-state index contributed by atoms with van der Waals surface area (Å²) in [4.78, 5) is 23.7. The number of ether oxygens (including phenoxy) is 3. The van der Waals surface area contributed by atoms with Gasteiger partial charge in [-0.2, -0.15) is 0 Å². The van der Waals surface area contributed by atoms with E-state index in [9.17, 15) is 14.6 Å².